The van der Waals surface area contributed by atoms with Gasteiger partial charge in [0, 0.05) is 31.5 Å². The zero-order valence-corrected chi connectivity index (χ0v) is 17.1. The number of amides is 1. The van der Waals surface area contributed by atoms with E-state index in [9.17, 15) is 4.79 Å². The molecule has 4 rings (SSSR count). The predicted octanol–water partition coefficient (Wildman–Crippen LogP) is 4.83. The number of aryl methyl sites for hydroxylation is 1. The highest BCUT2D eigenvalue weighted by Crippen LogP contribution is 2.36. The summed E-state index contributed by atoms with van der Waals surface area (Å²) < 4.78 is 5.39. The first kappa shape index (κ1) is 19.2. The molecule has 1 aliphatic heterocycles. The molecule has 0 spiro atoms. The molecule has 2 fully saturated rings. The lowest BCUT2D eigenvalue weighted by atomic mass is 9.75. The van der Waals surface area contributed by atoms with E-state index in [1.54, 1.807) is 0 Å². The van der Waals surface area contributed by atoms with Gasteiger partial charge in [0.1, 0.15) is 0 Å². The van der Waals surface area contributed by atoms with Crippen molar-refractivity contribution in [3.8, 4) is 11.4 Å². The van der Waals surface area contributed by atoms with E-state index in [2.05, 4.69) is 41.0 Å². The highest BCUT2D eigenvalue weighted by Gasteiger charge is 2.32. The van der Waals surface area contributed by atoms with Gasteiger partial charge >= 0.3 is 0 Å². The molecule has 0 radical (unpaired) electrons. The molecular weight excluding hydrogens is 350 g/mol. The van der Waals surface area contributed by atoms with Crippen LogP contribution in [0, 0.1) is 11.8 Å². The van der Waals surface area contributed by atoms with Crippen molar-refractivity contribution in [1.82, 2.24) is 15.0 Å². The summed E-state index contributed by atoms with van der Waals surface area (Å²) in [5, 5.41) is 4.09. The molecule has 2 heterocycles. The number of rotatable bonds is 5. The minimum atomic E-state index is 0.227. The first-order valence-electron chi connectivity index (χ1n) is 10.8. The highest BCUT2D eigenvalue weighted by molar-refractivity contribution is 5.76. The normalized spacial score (nSPS) is 22.3. The average Bonchev–Trinajstić information content (AvgIpc) is 3.21. The van der Waals surface area contributed by atoms with Gasteiger partial charge in [-0.1, -0.05) is 62.5 Å². The van der Waals surface area contributed by atoms with Gasteiger partial charge in [-0.05, 0) is 36.2 Å². The zero-order valence-electron chi connectivity index (χ0n) is 17.1. The van der Waals surface area contributed by atoms with E-state index >= 15 is 0 Å². The molecular formula is C23H31N3O2. The Morgan fingerprint density at radius 2 is 1.89 bits per heavy atom. The van der Waals surface area contributed by atoms with Gasteiger partial charge in [0.2, 0.25) is 17.6 Å². The fourth-order valence-corrected chi connectivity index (χ4v) is 4.69. The Bertz CT molecular complexity index is 796. The first-order chi connectivity index (χ1) is 13.6. The molecule has 1 aliphatic carbocycles. The molecule has 150 valence electrons. The van der Waals surface area contributed by atoms with E-state index < -0.39 is 0 Å². The zero-order chi connectivity index (χ0) is 19.5. The summed E-state index contributed by atoms with van der Waals surface area (Å²) in [5.74, 6) is 3.43. The summed E-state index contributed by atoms with van der Waals surface area (Å²) in [6.07, 6.45) is 7.48. The Kier molecular flexibility index (Phi) is 5.79. The van der Waals surface area contributed by atoms with Crippen LogP contribution in [0.4, 0.5) is 0 Å². The number of carbonyl (C=O) groups is 1. The maximum atomic E-state index is 12.7. The van der Waals surface area contributed by atoms with Gasteiger partial charge in [-0.25, -0.2) is 0 Å². The largest absolute Gasteiger partial charge is 0.342 e. The second-order valence-electron chi connectivity index (χ2n) is 8.72. The van der Waals surface area contributed by atoms with Crippen LogP contribution in [-0.2, 0) is 11.2 Å². The van der Waals surface area contributed by atoms with Gasteiger partial charge in [-0.2, -0.15) is 4.98 Å². The summed E-state index contributed by atoms with van der Waals surface area (Å²) in [6.45, 7) is 6.21. The van der Waals surface area contributed by atoms with Crippen molar-refractivity contribution in [3.63, 3.8) is 0 Å². The van der Waals surface area contributed by atoms with Gasteiger partial charge in [-0.15, -0.1) is 0 Å². The molecule has 2 aromatic rings. The smallest absolute Gasteiger partial charge is 0.227 e. The second kappa shape index (κ2) is 8.46. The van der Waals surface area contributed by atoms with Gasteiger partial charge < -0.3 is 9.42 Å². The topological polar surface area (TPSA) is 59.2 Å². The minimum absolute atomic E-state index is 0.227. The molecule has 0 bridgehead atoms. The van der Waals surface area contributed by atoms with Crippen LogP contribution < -0.4 is 0 Å². The molecule has 5 heteroatoms. The average molecular weight is 382 g/mol. The Balaban J connectivity index is 1.31. The van der Waals surface area contributed by atoms with Crippen molar-refractivity contribution in [2.45, 2.75) is 64.7 Å². The Hall–Kier alpha value is -2.17. The Morgan fingerprint density at radius 3 is 2.64 bits per heavy atom. The van der Waals surface area contributed by atoms with Gasteiger partial charge in [0.05, 0.1) is 0 Å². The van der Waals surface area contributed by atoms with Crippen LogP contribution in [0.1, 0.15) is 69.7 Å². The van der Waals surface area contributed by atoms with E-state index in [0.717, 1.165) is 30.5 Å². The van der Waals surface area contributed by atoms with E-state index in [4.69, 9.17) is 4.52 Å². The number of fused-ring (bicyclic) bond motifs is 1. The van der Waals surface area contributed by atoms with E-state index in [0.29, 0.717) is 30.5 Å². The van der Waals surface area contributed by atoms with E-state index in [-0.39, 0.29) is 5.91 Å². The van der Waals surface area contributed by atoms with Crippen LogP contribution in [0.3, 0.4) is 0 Å². The molecule has 1 saturated heterocycles. The van der Waals surface area contributed by atoms with Crippen LogP contribution in [0.15, 0.2) is 28.8 Å². The standard InChI is InChI=1S/C23H31N3O2/c1-16(2)17-7-9-19(10-8-17)23-24-21(28-25-23)11-12-22(27)26-14-13-18-5-3-4-6-20(18)15-26/h7-10,16,18,20H,3-6,11-15H2,1-2H3/t18-,20-/m1/s1. The first-order valence-corrected chi connectivity index (χ1v) is 10.8. The van der Waals surface area contributed by atoms with Crippen molar-refractivity contribution >= 4 is 5.91 Å². The van der Waals surface area contributed by atoms with Gasteiger partial charge in [0.15, 0.2) is 0 Å². The summed E-state index contributed by atoms with van der Waals surface area (Å²) in [5.41, 5.74) is 2.24. The van der Waals surface area contributed by atoms with Crippen LogP contribution in [0.5, 0.6) is 0 Å². The lowest BCUT2D eigenvalue weighted by molar-refractivity contribution is -0.134. The molecule has 1 aromatic heterocycles. The summed E-state index contributed by atoms with van der Waals surface area (Å²) in [6, 6.07) is 8.27. The minimum Gasteiger partial charge on any atom is -0.342 e. The fourth-order valence-electron chi connectivity index (χ4n) is 4.69. The Morgan fingerprint density at radius 1 is 1.14 bits per heavy atom. The predicted molar refractivity (Wildman–Crippen MR) is 109 cm³/mol. The van der Waals surface area contributed by atoms with Crippen LogP contribution in [0.2, 0.25) is 0 Å². The molecule has 2 atom stereocenters. The van der Waals surface area contributed by atoms with E-state index in [1.165, 1.54) is 37.7 Å². The molecule has 1 saturated carbocycles. The van der Waals surface area contributed by atoms with Gasteiger partial charge in [-0.3, -0.25) is 4.79 Å². The number of benzene rings is 1. The molecule has 0 unspecified atom stereocenters. The number of aromatic nitrogens is 2. The van der Waals surface area contributed by atoms with Crippen molar-refractivity contribution in [2.24, 2.45) is 11.8 Å². The van der Waals surface area contributed by atoms with Crippen LogP contribution in [0.25, 0.3) is 11.4 Å². The van der Waals surface area contributed by atoms with E-state index in [1.807, 2.05) is 12.1 Å². The summed E-state index contributed by atoms with van der Waals surface area (Å²) in [7, 11) is 0. The number of piperidine rings is 1. The van der Waals surface area contributed by atoms with Crippen LogP contribution in [-0.4, -0.2) is 34.0 Å². The Labute approximate surface area is 167 Å². The van der Waals surface area contributed by atoms with Crippen molar-refractivity contribution in [3.05, 3.63) is 35.7 Å². The molecule has 28 heavy (non-hydrogen) atoms. The SMILES string of the molecule is CC(C)c1ccc(-c2noc(CCC(=O)N3CC[C@H]4CCCC[C@@H]4C3)n2)cc1. The lowest BCUT2D eigenvalue weighted by Crippen LogP contribution is -2.44. The number of likely N-dealkylation sites (tertiary alicyclic amines) is 1. The molecule has 2 aliphatic rings. The monoisotopic (exact) mass is 381 g/mol. The number of nitrogens with zero attached hydrogens (tertiary/aromatic N) is 3. The third-order valence-electron chi connectivity index (χ3n) is 6.50. The third-order valence-corrected chi connectivity index (χ3v) is 6.50. The number of hydrogen-bond donors (Lipinski definition) is 0. The summed E-state index contributed by atoms with van der Waals surface area (Å²) in [4.78, 5) is 19.2. The highest BCUT2D eigenvalue weighted by atomic mass is 16.5. The molecule has 5 nitrogen and oxygen atoms in total. The molecule has 1 amide bonds. The van der Waals surface area contributed by atoms with Crippen molar-refractivity contribution in [1.29, 1.82) is 0 Å². The fraction of sp³-hybridized carbons (Fsp3) is 0.609. The quantitative estimate of drug-likeness (QED) is 0.744. The molecule has 1 aromatic carbocycles. The summed E-state index contributed by atoms with van der Waals surface area (Å²) >= 11 is 0. The van der Waals surface area contributed by atoms with Crippen molar-refractivity contribution in [2.75, 3.05) is 13.1 Å². The maximum absolute atomic E-state index is 12.7. The third kappa shape index (κ3) is 4.29. The van der Waals surface area contributed by atoms with Crippen LogP contribution >= 0.6 is 0 Å². The van der Waals surface area contributed by atoms with Gasteiger partial charge in [0.25, 0.3) is 0 Å². The number of carbonyl (C=O) groups excluding carboxylic acids is 1. The lowest BCUT2D eigenvalue weighted by Gasteiger charge is -2.41. The maximum Gasteiger partial charge on any atom is 0.227 e. The molecule has 0 N–H and O–H groups in total. The second-order valence-corrected chi connectivity index (χ2v) is 8.72. The van der Waals surface area contributed by atoms with Crippen molar-refractivity contribution < 1.29 is 9.32 Å². The number of hydrogen-bond acceptors (Lipinski definition) is 4.